The molecule has 1 amide bonds. The van der Waals surface area contributed by atoms with Gasteiger partial charge >= 0.3 is 0 Å². The number of guanidine groups is 1. The first-order valence-corrected chi connectivity index (χ1v) is 9.98. The first-order valence-electron chi connectivity index (χ1n) is 9.10. The lowest BCUT2D eigenvalue weighted by Crippen LogP contribution is -2.46. The van der Waals surface area contributed by atoms with Gasteiger partial charge in [-0.2, -0.15) is 0 Å². The minimum atomic E-state index is 0. The zero-order valence-corrected chi connectivity index (χ0v) is 19.4. The molecule has 0 radical (unpaired) electrons. The number of amides is 1. The van der Waals surface area contributed by atoms with Gasteiger partial charge in [-0.25, -0.2) is 0 Å². The molecule has 1 aromatic heterocycles. The highest BCUT2D eigenvalue weighted by Crippen LogP contribution is 2.23. The van der Waals surface area contributed by atoms with Gasteiger partial charge in [0, 0.05) is 31.6 Å². The lowest BCUT2D eigenvalue weighted by molar-refractivity contribution is -0.130. The van der Waals surface area contributed by atoms with Gasteiger partial charge in [-0.3, -0.25) is 9.79 Å². The summed E-state index contributed by atoms with van der Waals surface area (Å²) in [6, 6.07) is 10.1. The van der Waals surface area contributed by atoms with Crippen molar-refractivity contribution in [3.63, 3.8) is 0 Å². The van der Waals surface area contributed by atoms with Crippen LogP contribution < -0.4 is 15.4 Å². The smallest absolute Gasteiger partial charge is 0.242 e. The first-order chi connectivity index (χ1) is 13.2. The van der Waals surface area contributed by atoms with E-state index in [2.05, 4.69) is 39.2 Å². The van der Waals surface area contributed by atoms with E-state index in [-0.39, 0.29) is 36.4 Å². The number of methoxy groups -OCH3 is 1. The Morgan fingerprint density at radius 3 is 2.75 bits per heavy atom. The number of hydrogen-bond acceptors (Lipinski definition) is 4. The van der Waals surface area contributed by atoms with E-state index in [1.165, 1.54) is 16.0 Å². The minimum Gasteiger partial charge on any atom is -0.497 e. The predicted octanol–water partition coefficient (Wildman–Crippen LogP) is 2.67. The van der Waals surface area contributed by atoms with E-state index in [1.807, 2.05) is 17.0 Å². The standard InChI is InChI=1S/C20H26N4O2S.HI/c1-21-20(22-10-7-15-3-5-17(26-2)6-4-15)23-13-19(25)24-11-8-18-16(14-24)9-12-27-18;/h3-6,9,12H,7-8,10-11,13-14H2,1-2H3,(H2,21,22,23);1H. The van der Waals surface area contributed by atoms with Gasteiger partial charge in [0.2, 0.25) is 5.91 Å². The number of fused-ring (bicyclic) bond motifs is 1. The lowest BCUT2D eigenvalue weighted by atomic mass is 10.1. The summed E-state index contributed by atoms with van der Waals surface area (Å²) in [6.45, 7) is 2.49. The molecule has 0 aliphatic carbocycles. The van der Waals surface area contributed by atoms with Crippen LogP contribution in [0.1, 0.15) is 16.0 Å². The maximum Gasteiger partial charge on any atom is 0.242 e. The van der Waals surface area contributed by atoms with Crippen molar-refractivity contribution in [2.24, 2.45) is 4.99 Å². The third-order valence-electron chi connectivity index (χ3n) is 4.66. The quantitative estimate of drug-likeness (QED) is 0.354. The summed E-state index contributed by atoms with van der Waals surface area (Å²) in [7, 11) is 3.38. The van der Waals surface area contributed by atoms with Crippen LogP contribution in [0.2, 0.25) is 0 Å². The van der Waals surface area contributed by atoms with Crippen LogP contribution in [-0.4, -0.2) is 50.6 Å². The number of rotatable bonds is 6. The van der Waals surface area contributed by atoms with Crippen LogP contribution in [0, 0.1) is 0 Å². The molecule has 0 saturated heterocycles. The molecule has 0 spiro atoms. The SMILES string of the molecule is CN=C(NCCc1ccc(OC)cc1)NCC(=O)N1CCc2sccc2C1.I. The van der Waals surface area contributed by atoms with Gasteiger partial charge in [-0.05, 0) is 47.5 Å². The molecule has 8 heteroatoms. The molecule has 0 bridgehead atoms. The molecule has 2 aromatic rings. The van der Waals surface area contributed by atoms with Gasteiger partial charge < -0.3 is 20.3 Å². The monoisotopic (exact) mass is 514 g/mol. The average molecular weight is 514 g/mol. The molecular weight excluding hydrogens is 487 g/mol. The van der Waals surface area contributed by atoms with Crippen LogP contribution in [0.15, 0.2) is 40.7 Å². The van der Waals surface area contributed by atoms with Crippen molar-refractivity contribution >= 4 is 47.2 Å². The van der Waals surface area contributed by atoms with Crippen LogP contribution in [0.4, 0.5) is 0 Å². The second-order valence-corrected chi connectivity index (χ2v) is 7.39. The molecule has 2 heterocycles. The van der Waals surface area contributed by atoms with E-state index in [0.29, 0.717) is 12.5 Å². The predicted molar refractivity (Wildman–Crippen MR) is 125 cm³/mol. The molecule has 6 nitrogen and oxygen atoms in total. The van der Waals surface area contributed by atoms with Crippen molar-refractivity contribution in [1.29, 1.82) is 0 Å². The highest BCUT2D eigenvalue weighted by molar-refractivity contribution is 14.0. The van der Waals surface area contributed by atoms with E-state index in [0.717, 1.165) is 31.7 Å². The third kappa shape index (κ3) is 6.10. The Kier molecular flexibility index (Phi) is 9.04. The lowest BCUT2D eigenvalue weighted by Gasteiger charge is -2.27. The molecule has 1 aromatic carbocycles. The number of hydrogen-bond donors (Lipinski definition) is 2. The van der Waals surface area contributed by atoms with Crippen molar-refractivity contribution in [1.82, 2.24) is 15.5 Å². The topological polar surface area (TPSA) is 66.0 Å². The molecule has 1 aliphatic rings. The van der Waals surface area contributed by atoms with E-state index in [4.69, 9.17) is 4.74 Å². The van der Waals surface area contributed by atoms with Crippen LogP contribution in [0.25, 0.3) is 0 Å². The van der Waals surface area contributed by atoms with Gasteiger partial charge in [-0.15, -0.1) is 35.3 Å². The first kappa shape index (κ1) is 22.5. The number of carbonyl (C=O) groups is 1. The van der Waals surface area contributed by atoms with Crippen molar-refractivity contribution in [3.05, 3.63) is 51.7 Å². The van der Waals surface area contributed by atoms with E-state index in [1.54, 1.807) is 25.5 Å². The molecule has 1 aliphatic heterocycles. The third-order valence-corrected chi connectivity index (χ3v) is 5.68. The Labute approximate surface area is 187 Å². The molecule has 152 valence electrons. The van der Waals surface area contributed by atoms with Crippen LogP contribution in [-0.2, 0) is 24.2 Å². The Morgan fingerprint density at radius 2 is 2.04 bits per heavy atom. The molecule has 0 fully saturated rings. The van der Waals surface area contributed by atoms with Gasteiger partial charge in [-0.1, -0.05) is 12.1 Å². The zero-order valence-electron chi connectivity index (χ0n) is 16.2. The number of nitrogens with one attached hydrogen (secondary N) is 2. The summed E-state index contributed by atoms with van der Waals surface area (Å²) in [5, 5.41) is 8.48. The number of thiophene rings is 1. The van der Waals surface area contributed by atoms with E-state index in [9.17, 15) is 4.79 Å². The maximum absolute atomic E-state index is 12.5. The zero-order chi connectivity index (χ0) is 19.1. The Balaban J connectivity index is 0.00000280. The van der Waals surface area contributed by atoms with Crippen molar-refractivity contribution < 1.29 is 9.53 Å². The Hall–Kier alpha value is -1.81. The molecule has 0 unspecified atom stereocenters. The largest absolute Gasteiger partial charge is 0.497 e. The molecule has 0 saturated carbocycles. The van der Waals surface area contributed by atoms with Crippen LogP contribution in [0.3, 0.4) is 0 Å². The van der Waals surface area contributed by atoms with E-state index < -0.39 is 0 Å². The van der Waals surface area contributed by atoms with Crippen molar-refractivity contribution in [2.75, 3.05) is 33.8 Å². The highest BCUT2D eigenvalue weighted by atomic mass is 127. The van der Waals surface area contributed by atoms with Gasteiger partial charge in [0.25, 0.3) is 0 Å². The van der Waals surface area contributed by atoms with E-state index >= 15 is 0 Å². The van der Waals surface area contributed by atoms with Gasteiger partial charge in [0.05, 0.1) is 13.7 Å². The molecule has 0 atom stereocenters. The molecule has 2 N–H and O–H groups in total. The maximum atomic E-state index is 12.5. The second-order valence-electron chi connectivity index (χ2n) is 6.38. The highest BCUT2D eigenvalue weighted by Gasteiger charge is 2.21. The molecule has 28 heavy (non-hydrogen) atoms. The number of halogens is 1. The summed E-state index contributed by atoms with van der Waals surface area (Å²) in [5.74, 6) is 1.60. The number of nitrogens with zero attached hydrogens (tertiary/aromatic N) is 2. The summed E-state index contributed by atoms with van der Waals surface area (Å²) in [5.41, 5.74) is 2.50. The number of aliphatic imine (C=N–C) groups is 1. The molecule has 3 rings (SSSR count). The molecular formula is C20H27IN4O2S. The van der Waals surface area contributed by atoms with Crippen LogP contribution >= 0.6 is 35.3 Å². The minimum absolute atomic E-state index is 0. The fraction of sp³-hybridized carbons (Fsp3) is 0.400. The average Bonchev–Trinajstić information content (AvgIpc) is 3.18. The van der Waals surface area contributed by atoms with Gasteiger partial charge in [0.1, 0.15) is 5.75 Å². The summed E-state index contributed by atoms with van der Waals surface area (Å²) in [4.78, 5) is 20.0. The number of benzene rings is 1. The van der Waals surface area contributed by atoms with Crippen molar-refractivity contribution in [2.45, 2.75) is 19.4 Å². The van der Waals surface area contributed by atoms with Crippen LogP contribution in [0.5, 0.6) is 5.75 Å². The summed E-state index contributed by atoms with van der Waals surface area (Å²) < 4.78 is 5.17. The number of carbonyl (C=O) groups excluding carboxylic acids is 1. The summed E-state index contributed by atoms with van der Waals surface area (Å²) >= 11 is 1.78. The fourth-order valence-corrected chi connectivity index (χ4v) is 3.96. The number of ether oxygens (including phenoxy) is 1. The summed E-state index contributed by atoms with van der Waals surface area (Å²) in [6.07, 6.45) is 1.82. The van der Waals surface area contributed by atoms with Crippen molar-refractivity contribution in [3.8, 4) is 5.75 Å². The normalized spacial score (nSPS) is 13.4. The Bertz CT molecular complexity index is 792. The fourth-order valence-electron chi connectivity index (χ4n) is 3.07. The Morgan fingerprint density at radius 1 is 1.25 bits per heavy atom. The van der Waals surface area contributed by atoms with Gasteiger partial charge in [0.15, 0.2) is 5.96 Å². The second kappa shape index (κ2) is 11.3.